The number of hydrogen-bond acceptors (Lipinski definition) is 2. The van der Waals surface area contributed by atoms with Gasteiger partial charge in [0.25, 0.3) is 0 Å². The molecule has 0 bridgehead atoms. The van der Waals surface area contributed by atoms with Gasteiger partial charge < -0.3 is 4.57 Å². The molecule has 0 N–H and O–H groups in total. The van der Waals surface area contributed by atoms with Crippen LogP contribution in [0.25, 0.3) is 0 Å². The molecule has 0 fully saturated rings. The van der Waals surface area contributed by atoms with Crippen LogP contribution in [0.1, 0.15) is 51.9 Å². The SMILES string of the molecule is CC.CC.CC.O=C(c1ccccc1)P(=O)(c1ccccc1)c1ccccc1.[I][V][I]. The van der Waals surface area contributed by atoms with Gasteiger partial charge in [0, 0.05) is 16.2 Å². The molecule has 0 spiro atoms. The van der Waals surface area contributed by atoms with Gasteiger partial charge in [-0.3, -0.25) is 4.79 Å². The van der Waals surface area contributed by atoms with Gasteiger partial charge in [-0.2, -0.15) is 0 Å². The van der Waals surface area contributed by atoms with E-state index in [4.69, 9.17) is 0 Å². The average molecular weight is 701 g/mol. The molecule has 0 aliphatic rings. The van der Waals surface area contributed by atoms with Crippen LogP contribution in [0.5, 0.6) is 0 Å². The first-order chi connectivity index (χ1) is 15.1. The zero-order chi connectivity index (χ0) is 24.1. The third kappa shape index (κ3) is 10.8. The van der Waals surface area contributed by atoms with Gasteiger partial charge in [-0.05, 0) is 0 Å². The topological polar surface area (TPSA) is 34.1 Å². The van der Waals surface area contributed by atoms with E-state index in [-0.39, 0.29) is 5.52 Å². The van der Waals surface area contributed by atoms with Crippen molar-refractivity contribution in [3.05, 3.63) is 96.6 Å². The van der Waals surface area contributed by atoms with Gasteiger partial charge in [0.1, 0.15) is 0 Å². The molecule has 2 nitrogen and oxygen atoms in total. The molecule has 0 aliphatic carbocycles. The number of carbonyl (C=O) groups is 1. The third-order valence-corrected chi connectivity index (χ3v) is 6.43. The van der Waals surface area contributed by atoms with E-state index < -0.39 is 7.14 Å². The quantitative estimate of drug-likeness (QED) is 0.202. The fourth-order valence-corrected chi connectivity index (χ4v) is 4.89. The fraction of sp³-hybridized carbons (Fsp3) is 0.240. The molecule has 0 aliphatic heterocycles. The van der Waals surface area contributed by atoms with Crippen molar-refractivity contribution in [2.24, 2.45) is 0 Å². The van der Waals surface area contributed by atoms with Crippen LogP contribution in [0.2, 0.25) is 0 Å². The monoisotopic (exact) mass is 701 g/mol. The molecule has 6 heteroatoms. The van der Waals surface area contributed by atoms with Gasteiger partial charge in [-0.25, -0.2) is 0 Å². The van der Waals surface area contributed by atoms with Gasteiger partial charge in [0.2, 0.25) is 12.7 Å². The van der Waals surface area contributed by atoms with Gasteiger partial charge in [-0.15, -0.1) is 0 Å². The Balaban J connectivity index is 0. The standard InChI is InChI=1S/C19H15O2P.3C2H6.2HI.V/c20-19(16-10-4-1-5-11-16)22(21,17-12-6-2-7-13-17)18-14-8-3-9-15-18;3*1-2;;;/h1-15H;3*1-2H3;2*1H;/q;;;;;;+2/p-2. The van der Waals surface area contributed by atoms with Crippen molar-refractivity contribution >= 4 is 63.2 Å². The number of hydrogen-bond donors (Lipinski definition) is 0. The van der Waals surface area contributed by atoms with Gasteiger partial charge in [0.05, 0.1) is 0 Å². The van der Waals surface area contributed by atoms with Gasteiger partial charge >= 0.3 is 49.4 Å². The molecule has 3 rings (SSSR count). The Morgan fingerprint density at radius 1 is 0.613 bits per heavy atom. The Labute approximate surface area is 218 Å². The summed E-state index contributed by atoms with van der Waals surface area (Å²) < 4.78 is 13.8. The summed E-state index contributed by atoms with van der Waals surface area (Å²) in [6.45, 7) is 12.0. The fourth-order valence-electron chi connectivity index (χ4n) is 2.42. The number of carbonyl (C=O) groups excluding carboxylic acids is 1. The summed E-state index contributed by atoms with van der Waals surface area (Å²) in [6.07, 6.45) is 0. The normalized spacial score (nSPS) is 8.90. The third-order valence-electron chi connectivity index (χ3n) is 3.55. The van der Waals surface area contributed by atoms with Crippen molar-refractivity contribution in [1.82, 2.24) is 0 Å². The molecule has 3 aromatic carbocycles. The first kappa shape index (κ1) is 32.8. The second-order valence-electron chi connectivity index (χ2n) is 5.02. The minimum absolute atomic E-state index is 0.328. The van der Waals surface area contributed by atoms with Crippen LogP contribution >= 0.6 is 47.1 Å². The Morgan fingerprint density at radius 2 is 0.871 bits per heavy atom. The molecular formula is C25H33I2O2PV. The van der Waals surface area contributed by atoms with Crippen molar-refractivity contribution in [3.63, 3.8) is 0 Å². The van der Waals surface area contributed by atoms with Crippen LogP contribution in [-0.4, -0.2) is 5.52 Å². The Hall–Kier alpha value is -0.396. The maximum absolute atomic E-state index is 13.8. The van der Waals surface area contributed by atoms with Crippen LogP contribution in [0.3, 0.4) is 0 Å². The summed E-state index contributed by atoms with van der Waals surface area (Å²) in [5, 5.41) is 1.13. The molecule has 0 heterocycles. The number of benzene rings is 3. The van der Waals surface area contributed by atoms with Crippen molar-refractivity contribution in [3.8, 4) is 0 Å². The van der Waals surface area contributed by atoms with Crippen LogP contribution in [-0.2, 0) is 14.0 Å². The van der Waals surface area contributed by atoms with Crippen LogP contribution in [0.4, 0.5) is 0 Å². The van der Waals surface area contributed by atoms with Crippen molar-refractivity contribution in [2.45, 2.75) is 41.5 Å². The molecule has 0 aromatic heterocycles. The Kier molecular flexibility index (Phi) is 22.7. The zero-order valence-electron chi connectivity index (χ0n) is 19.1. The molecule has 0 unspecified atom stereocenters. The van der Waals surface area contributed by atoms with E-state index >= 15 is 0 Å². The molecule has 0 radical (unpaired) electrons. The summed E-state index contributed by atoms with van der Waals surface area (Å²) in [5.74, 6) is 0. The summed E-state index contributed by atoms with van der Waals surface area (Å²) in [4.78, 5) is 13.0. The molecule has 31 heavy (non-hydrogen) atoms. The van der Waals surface area contributed by atoms with E-state index in [1.165, 1.54) is 0 Å². The second-order valence-corrected chi connectivity index (χ2v) is 19.5. The first-order valence-corrected chi connectivity index (χ1v) is 21.1. The van der Waals surface area contributed by atoms with Crippen molar-refractivity contribution in [1.29, 1.82) is 0 Å². The van der Waals surface area contributed by atoms with E-state index in [0.29, 0.717) is 25.6 Å². The first-order valence-electron chi connectivity index (χ1n) is 10.4. The van der Waals surface area contributed by atoms with Crippen LogP contribution in [0, 0.1) is 0 Å². The van der Waals surface area contributed by atoms with E-state index in [0.717, 1.165) is 0 Å². The average Bonchev–Trinajstić information content (AvgIpc) is 2.89. The predicted octanol–water partition coefficient (Wildman–Crippen LogP) is 8.69. The van der Waals surface area contributed by atoms with E-state index in [1.807, 2.05) is 84.0 Å². The van der Waals surface area contributed by atoms with Gasteiger partial charge in [0.15, 0.2) is 0 Å². The number of rotatable bonds is 4. The summed E-state index contributed by atoms with van der Waals surface area (Å²) in [6, 6.07) is 26.8. The summed E-state index contributed by atoms with van der Waals surface area (Å²) in [7, 11) is -2.75. The summed E-state index contributed by atoms with van der Waals surface area (Å²) in [5.41, 5.74) is 0.143. The van der Waals surface area contributed by atoms with Crippen LogP contribution < -0.4 is 10.6 Å². The molecule has 0 saturated carbocycles. The maximum atomic E-state index is 13.8. The van der Waals surface area contributed by atoms with Crippen molar-refractivity contribution in [2.75, 3.05) is 0 Å². The molecular weight excluding hydrogens is 668 g/mol. The zero-order valence-corrected chi connectivity index (χ0v) is 25.7. The number of halogens is 2. The second kappa shape index (κ2) is 21.5. The molecule has 0 saturated heterocycles. The van der Waals surface area contributed by atoms with Gasteiger partial charge in [-0.1, -0.05) is 133 Å². The summed E-state index contributed by atoms with van der Waals surface area (Å²) >= 11 is 4.74. The minimum atomic E-state index is -3.38. The van der Waals surface area contributed by atoms with Crippen LogP contribution in [0.15, 0.2) is 91.0 Å². The predicted molar refractivity (Wildman–Crippen MR) is 153 cm³/mol. The Morgan fingerprint density at radius 3 is 1.16 bits per heavy atom. The van der Waals surface area contributed by atoms with Crippen molar-refractivity contribution < 1.29 is 18.8 Å². The molecule has 0 amide bonds. The molecule has 169 valence electrons. The molecule has 0 atom stereocenters. The van der Waals surface area contributed by atoms with E-state index in [9.17, 15) is 9.36 Å². The molecule has 3 aromatic rings. The van der Waals surface area contributed by atoms with E-state index in [1.54, 1.807) is 48.5 Å². The van der Waals surface area contributed by atoms with E-state index in [2.05, 4.69) is 40.0 Å². The Bertz CT molecular complexity index is 802.